The van der Waals surface area contributed by atoms with Gasteiger partial charge < -0.3 is 9.80 Å². The summed E-state index contributed by atoms with van der Waals surface area (Å²) in [5.41, 5.74) is 3.18. The van der Waals surface area contributed by atoms with Crippen molar-refractivity contribution in [3.05, 3.63) is 64.7 Å². The minimum absolute atomic E-state index is 0.0745. The molecule has 1 saturated carbocycles. The third kappa shape index (κ3) is 7.57. The molecule has 1 aliphatic heterocycles. The minimum atomic E-state index is -0.0745. The molecule has 0 N–H and O–H groups in total. The fourth-order valence-corrected chi connectivity index (χ4v) is 5.05. The van der Waals surface area contributed by atoms with Crippen molar-refractivity contribution in [1.29, 1.82) is 0 Å². The molecule has 2 aliphatic rings. The second kappa shape index (κ2) is 11.8. The number of para-hydroxylation sites is 1. The molecule has 194 valence electrons. The summed E-state index contributed by atoms with van der Waals surface area (Å²) in [7, 11) is 0. The maximum Gasteiger partial charge on any atom is 0.230 e. The Hall–Kier alpha value is -2.37. The van der Waals surface area contributed by atoms with Gasteiger partial charge in [0.1, 0.15) is 0 Å². The summed E-state index contributed by atoms with van der Waals surface area (Å²) in [6, 6.07) is 16.2. The summed E-state index contributed by atoms with van der Waals surface area (Å²) >= 11 is 6.10. The molecule has 0 radical (unpaired) electrons. The van der Waals surface area contributed by atoms with Crippen molar-refractivity contribution in [3.63, 3.8) is 0 Å². The summed E-state index contributed by atoms with van der Waals surface area (Å²) in [5, 5.41) is 0.744. The van der Waals surface area contributed by atoms with E-state index < -0.39 is 0 Å². The fraction of sp³-hybridized carbons (Fsp3) is 0.533. The average Bonchev–Trinajstić information content (AvgIpc) is 3.66. The van der Waals surface area contributed by atoms with Crippen molar-refractivity contribution in [2.24, 2.45) is 11.3 Å². The van der Waals surface area contributed by atoms with E-state index in [1.165, 1.54) is 5.56 Å². The van der Waals surface area contributed by atoms with Crippen LogP contribution in [0.25, 0.3) is 0 Å². The summed E-state index contributed by atoms with van der Waals surface area (Å²) in [4.78, 5) is 33.2. The molecule has 4 rings (SSSR count). The molecule has 0 bridgehead atoms. The van der Waals surface area contributed by atoms with Crippen LogP contribution in [-0.4, -0.2) is 47.8 Å². The summed E-state index contributed by atoms with van der Waals surface area (Å²) < 4.78 is 0. The van der Waals surface area contributed by atoms with Crippen LogP contribution in [0.4, 0.5) is 5.69 Å². The van der Waals surface area contributed by atoms with Crippen molar-refractivity contribution in [3.8, 4) is 0 Å². The highest BCUT2D eigenvalue weighted by Crippen LogP contribution is 2.34. The fourth-order valence-electron chi connectivity index (χ4n) is 4.93. The second-order valence-electron chi connectivity index (χ2n) is 11.6. The van der Waals surface area contributed by atoms with Gasteiger partial charge in [-0.2, -0.15) is 0 Å². The lowest BCUT2D eigenvalue weighted by molar-refractivity contribution is -0.133. The number of amides is 2. The molecule has 1 aliphatic carbocycles. The van der Waals surface area contributed by atoms with Gasteiger partial charge in [-0.05, 0) is 60.4 Å². The maximum atomic E-state index is 13.4. The Kier molecular flexibility index (Phi) is 8.74. The zero-order chi connectivity index (χ0) is 25.7. The van der Waals surface area contributed by atoms with Crippen LogP contribution in [0.2, 0.25) is 5.02 Å². The topological polar surface area (TPSA) is 43.9 Å². The molecule has 1 heterocycles. The lowest BCUT2D eigenvalue weighted by atomic mass is 9.91. The molecule has 2 aromatic carbocycles. The second-order valence-corrected chi connectivity index (χ2v) is 12.0. The van der Waals surface area contributed by atoms with Crippen molar-refractivity contribution >= 4 is 29.1 Å². The normalized spacial score (nSPS) is 18.2. The first-order valence-corrected chi connectivity index (χ1v) is 13.7. The van der Waals surface area contributed by atoms with E-state index in [4.69, 9.17) is 11.6 Å². The average molecular weight is 510 g/mol. The number of halogens is 1. The molecule has 2 amide bonds. The highest BCUT2D eigenvalue weighted by Gasteiger charge is 2.35. The predicted octanol–water partition coefficient (Wildman–Crippen LogP) is 6.14. The number of carbonyl (C=O) groups is 2. The van der Waals surface area contributed by atoms with Crippen molar-refractivity contribution in [2.75, 3.05) is 31.1 Å². The Bertz CT molecular complexity index is 1040. The number of fused-ring (bicyclic) bond motifs is 1. The number of carbonyl (C=O) groups excluding carboxylic acids is 2. The summed E-state index contributed by atoms with van der Waals surface area (Å²) in [6.07, 6.45) is 4.30. The smallest absolute Gasteiger partial charge is 0.230 e. The molecule has 0 spiro atoms. The zero-order valence-electron chi connectivity index (χ0n) is 22.0. The predicted molar refractivity (Wildman–Crippen MR) is 147 cm³/mol. The molecule has 1 fully saturated rings. The van der Waals surface area contributed by atoms with Gasteiger partial charge in [-0.15, -0.1) is 0 Å². The Balaban J connectivity index is 1.60. The van der Waals surface area contributed by atoms with Crippen LogP contribution in [0.15, 0.2) is 48.5 Å². The third-order valence-electron chi connectivity index (χ3n) is 6.95. The summed E-state index contributed by atoms with van der Waals surface area (Å²) in [5.74, 6) is 0.560. The minimum Gasteiger partial charge on any atom is -0.338 e. The van der Waals surface area contributed by atoms with Crippen LogP contribution in [0.3, 0.4) is 0 Å². The van der Waals surface area contributed by atoms with Crippen LogP contribution in [0.5, 0.6) is 0 Å². The van der Waals surface area contributed by atoms with Gasteiger partial charge in [-0.25, -0.2) is 0 Å². The zero-order valence-corrected chi connectivity index (χ0v) is 22.8. The van der Waals surface area contributed by atoms with E-state index in [0.29, 0.717) is 26.1 Å². The van der Waals surface area contributed by atoms with Crippen LogP contribution in [0.1, 0.15) is 64.0 Å². The largest absolute Gasteiger partial charge is 0.338 e. The molecule has 0 unspecified atom stereocenters. The molecule has 0 saturated heterocycles. The van der Waals surface area contributed by atoms with Crippen molar-refractivity contribution < 1.29 is 9.59 Å². The number of anilines is 1. The van der Waals surface area contributed by atoms with E-state index in [1.54, 1.807) is 0 Å². The van der Waals surface area contributed by atoms with E-state index in [0.717, 1.165) is 61.6 Å². The summed E-state index contributed by atoms with van der Waals surface area (Å²) in [6.45, 7) is 10.9. The van der Waals surface area contributed by atoms with Gasteiger partial charge in [-0.1, -0.05) is 62.7 Å². The Labute approximate surface area is 221 Å². The molecule has 5 nitrogen and oxygen atoms in total. The van der Waals surface area contributed by atoms with Crippen molar-refractivity contribution in [1.82, 2.24) is 9.80 Å². The highest BCUT2D eigenvalue weighted by atomic mass is 35.5. The van der Waals surface area contributed by atoms with E-state index >= 15 is 0 Å². The van der Waals surface area contributed by atoms with E-state index in [9.17, 15) is 9.59 Å². The maximum absolute atomic E-state index is 13.4. The number of rotatable bonds is 4. The van der Waals surface area contributed by atoms with Gasteiger partial charge >= 0.3 is 0 Å². The van der Waals surface area contributed by atoms with E-state index in [-0.39, 0.29) is 23.1 Å². The molecule has 2 aromatic rings. The number of nitrogens with zero attached hydrogens (tertiary/aromatic N) is 3. The number of hydrogen-bond donors (Lipinski definition) is 0. The van der Waals surface area contributed by atoms with Gasteiger partial charge in [-0.3, -0.25) is 14.5 Å². The Morgan fingerprint density at radius 1 is 0.917 bits per heavy atom. The molecular weight excluding hydrogens is 470 g/mol. The van der Waals surface area contributed by atoms with Gasteiger partial charge in [0.15, 0.2) is 0 Å². The Morgan fingerprint density at radius 2 is 1.58 bits per heavy atom. The first-order chi connectivity index (χ1) is 17.2. The molecule has 0 atom stereocenters. The Morgan fingerprint density at radius 3 is 2.25 bits per heavy atom. The van der Waals surface area contributed by atoms with Gasteiger partial charge in [0, 0.05) is 62.3 Å². The molecule has 36 heavy (non-hydrogen) atoms. The first-order valence-electron chi connectivity index (χ1n) is 13.3. The molecule has 0 aromatic heterocycles. The lowest BCUT2D eigenvalue weighted by Crippen LogP contribution is -2.40. The van der Waals surface area contributed by atoms with Gasteiger partial charge in [0.05, 0.1) is 0 Å². The molecule has 6 heteroatoms. The van der Waals surface area contributed by atoms with Crippen LogP contribution >= 0.6 is 11.6 Å². The SMILES string of the molecule is CC(C)(C)CC(=O)N1CCCN(Cc2ccc(Cl)cc2)CCCN(C(=O)C2CC2)c2ccccc2C1. The number of benzene rings is 2. The van der Waals surface area contributed by atoms with E-state index in [2.05, 4.69) is 49.9 Å². The first kappa shape index (κ1) is 26.7. The van der Waals surface area contributed by atoms with Gasteiger partial charge in [0.2, 0.25) is 11.8 Å². The highest BCUT2D eigenvalue weighted by molar-refractivity contribution is 6.30. The van der Waals surface area contributed by atoms with Crippen LogP contribution < -0.4 is 4.90 Å². The third-order valence-corrected chi connectivity index (χ3v) is 7.20. The van der Waals surface area contributed by atoms with Crippen molar-refractivity contribution in [2.45, 2.75) is 66.0 Å². The molecular formula is C30H40ClN3O2. The monoisotopic (exact) mass is 509 g/mol. The standard InChI is InChI=1S/C30H40ClN3O2/c1-30(2,3)20-28(35)33-18-6-16-32(21-23-10-14-26(31)15-11-23)17-7-19-34(29(36)24-12-13-24)27-9-5-4-8-25(27)22-33/h4-5,8-11,14-15,24H,6-7,12-13,16-22H2,1-3H3. The van der Waals surface area contributed by atoms with Crippen LogP contribution in [-0.2, 0) is 22.7 Å². The van der Waals surface area contributed by atoms with Gasteiger partial charge in [0.25, 0.3) is 0 Å². The van der Waals surface area contributed by atoms with E-state index in [1.807, 2.05) is 34.1 Å². The van der Waals surface area contributed by atoms with Crippen LogP contribution in [0, 0.1) is 11.3 Å². The lowest BCUT2D eigenvalue weighted by Gasteiger charge is -2.32. The quantitative estimate of drug-likeness (QED) is 0.497. The number of hydrogen-bond acceptors (Lipinski definition) is 3.